The van der Waals surface area contributed by atoms with Crippen LogP contribution in [0, 0.1) is 6.92 Å². The fourth-order valence-corrected chi connectivity index (χ4v) is 3.56. The Bertz CT molecular complexity index is 429. The molecule has 0 aliphatic heterocycles. The van der Waals surface area contributed by atoms with Crippen molar-refractivity contribution in [3.63, 3.8) is 0 Å². The van der Waals surface area contributed by atoms with Crippen LogP contribution in [-0.4, -0.2) is 36.0 Å². The fraction of sp³-hybridized carbons (Fsp3) is 0.667. The molecule has 0 radical (unpaired) electrons. The number of likely N-dealkylation sites (N-methyl/N-ethyl adjacent to an activating group) is 1. The molecule has 0 aliphatic carbocycles. The van der Waals surface area contributed by atoms with E-state index in [0.29, 0.717) is 6.54 Å². The zero-order valence-electron chi connectivity index (χ0n) is 13.1. The Morgan fingerprint density at radius 2 is 2.10 bits per heavy atom. The fourth-order valence-electron chi connectivity index (χ4n) is 2.38. The highest BCUT2D eigenvalue weighted by Gasteiger charge is 2.27. The Balaban J connectivity index is 2.88. The van der Waals surface area contributed by atoms with Gasteiger partial charge in [-0.15, -0.1) is 11.3 Å². The van der Waals surface area contributed by atoms with Gasteiger partial charge in [0.1, 0.15) is 0 Å². The summed E-state index contributed by atoms with van der Waals surface area (Å²) in [6.45, 7) is 11.3. The van der Waals surface area contributed by atoms with E-state index in [1.807, 2.05) is 20.8 Å². The van der Waals surface area contributed by atoms with Crippen molar-refractivity contribution >= 4 is 17.2 Å². The number of rotatable bonds is 7. The second-order valence-electron chi connectivity index (χ2n) is 5.56. The molecule has 0 aliphatic rings. The number of nitrogens with one attached hydrogen (secondary N) is 1. The number of nitrogens with zero attached hydrogens (tertiary/aromatic N) is 1. The summed E-state index contributed by atoms with van der Waals surface area (Å²) in [6, 6.07) is 2.35. The van der Waals surface area contributed by atoms with E-state index in [2.05, 4.69) is 35.5 Å². The Morgan fingerprint density at radius 1 is 1.45 bits per heavy atom. The maximum Gasteiger partial charge on any atom is 0.234 e. The average Bonchev–Trinajstić information content (AvgIpc) is 2.73. The molecule has 0 aromatic carbocycles. The van der Waals surface area contributed by atoms with Crippen LogP contribution in [0.5, 0.6) is 0 Å². The number of hydrogen-bond donors (Lipinski definition) is 2. The maximum atomic E-state index is 12.0. The van der Waals surface area contributed by atoms with Crippen LogP contribution < -0.4 is 11.1 Å². The van der Waals surface area contributed by atoms with Crippen LogP contribution in [0.25, 0.3) is 0 Å². The maximum absolute atomic E-state index is 12.0. The lowest BCUT2D eigenvalue weighted by Crippen LogP contribution is -2.45. The Morgan fingerprint density at radius 3 is 2.50 bits per heavy atom. The summed E-state index contributed by atoms with van der Waals surface area (Å²) in [4.78, 5) is 15.4. The van der Waals surface area contributed by atoms with Gasteiger partial charge in [-0.25, -0.2) is 0 Å². The highest BCUT2D eigenvalue weighted by molar-refractivity contribution is 7.10. The number of carbonyl (C=O) groups is 1. The smallest absolute Gasteiger partial charge is 0.234 e. The topological polar surface area (TPSA) is 58.4 Å². The van der Waals surface area contributed by atoms with E-state index in [-0.39, 0.29) is 24.0 Å². The van der Waals surface area contributed by atoms with Gasteiger partial charge < -0.3 is 11.1 Å². The first-order chi connectivity index (χ1) is 9.36. The van der Waals surface area contributed by atoms with Gasteiger partial charge in [0.2, 0.25) is 5.91 Å². The molecule has 0 saturated heterocycles. The molecular formula is C15H27N3OS. The predicted molar refractivity (Wildman–Crippen MR) is 86.0 cm³/mol. The van der Waals surface area contributed by atoms with E-state index in [0.717, 1.165) is 6.54 Å². The van der Waals surface area contributed by atoms with Crippen molar-refractivity contribution in [3.8, 4) is 0 Å². The quantitative estimate of drug-likeness (QED) is 0.812. The summed E-state index contributed by atoms with van der Waals surface area (Å²) >= 11 is 1.72. The van der Waals surface area contributed by atoms with Crippen LogP contribution in [0.4, 0.5) is 0 Å². The molecule has 1 aromatic heterocycles. The van der Waals surface area contributed by atoms with Crippen molar-refractivity contribution in [2.75, 3.05) is 13.1 Å². The minimum atomic E-state index is -0.0147. The van der Waals surface area contributed by atoms with Crippen molar-refractivity contribution < 1.29 is 4.79 Å². The van der Waals surface area contributed by atoms with Gasteiger partial charge in [-0.3, -0.25) is 9.69 Å². The van der Waals surface area contributed by atoms with E-state index >= 15 is 0 Å². The molecule has 1 heterocycles. The highest BCUT2D eigenvalue weighted by atomic mass is 32.1. The van der Waals surface area contributed by atoms with Crippen molar-refractivity contribution in [2.45, 2.75) is 52.7 Å². The molecule has 0 bridgehead atoms. The minimum Gasteiger partial charge on any atom is -0.353 e. The standard InChI is InChI=1S/C15H27N3OS/c1-6-18(9-13(19)17-10(2)3)14(12(5)16)15-11(4)7-8-20-15/h7-8,10,12,14H,6,9,16H2,1-5H3,(H,17,19). The molecule has 114 valence electrons. The highest BCUT2D eigenvalue weighted by Crippen LogP contribution is 2.30. The lowest BCUT2D eigenvalue weighted by atomic mass is 10.0. The van der Waals surface area contributed by atoms with Crippen LogP contribution in [-0.2, 0) is 4.79 Å². The van der Waals surface area contributed by atoms with E-state index in [1.54, 1.807) is 11.3 Å². The van der Waals surface area contributed by atoms with Gasteiger partial charge in [0.05, 0.1) is 12.6 Å². The molecule has 4 nitrogen and oxygen atoms in total. The number of aryl methyl sites for hydroxylation is 1. The van der Waals surface area contributed by atoms with Crippen LogP contribution >= 0.6 is 11.3 Å². The lowest BCUT2D eigenvalue weighted by Gasteiger charge is -2.33. The third-order valence-electron chi connectivity index (χ3n) is 3.26. The third-order valence-corrected chi connectivity index (χ3v) is 4.35. The summed E-state index contributed by atoms with van der Waals surface area (Å²) in [6.07, 6.45) is 0. The predicted octanol–water partition coefficient (Wildman–Crippen LogP) is 2.29. The second kappa shape index (κ2) is 7.76. The first kappa shape index (κ1) is 17.1. The van der Waals surface area contributed by atoms with E-state index < -0.39 is 0 Å². The molecule has 5 heteroatoms. The van der Waals surface area contributed by atoms with E-state index in [9.17, 15) is 4.79 Å². The lowest BCUT2D eigenvalue weighted by molar-refractivity contribution is -0.123. The number of amides is 1. The summed E-state index contributed by atoms with van der Waals surface area (Å²) in [5.41, 5.74) is 7.43. The van der Waals surface area contributed by atoms with Gasteiger partial charge in [-0.1, -0.05) is 6.92 Å². The molecular weight excluding hydrogens is 270 g/mol. The van der Waals surface area contributed by atoms with Gasteiger partial charge in [0.15, 0.2) is 0 Å². The minimum absolute atomic E-state index is 0.0147. The van der Waals surface area contributed by atoms with Gasteiger partial charge in [0.25, 0.3) is 0 Å². The first-order valence-electron chi connectivity index (χ1n) is 7.19. The van der Waals surface area contributed by atoms with Gasteiger partial charge in [0, 0.05) is 17.0 Å². The molecule has 1 amide bonds. The van der Waals surface area contributed by atoms with Gasteiger partial charge in [-0.05, 0) is 51.2 Å². The second-order valence-corrected chi connectivity index (χ2v) is 6.50. The molecule has 20 heavy (non-hydrogen) atoms. The number of carbonyl (C=O) groups excluding carboxylic acids is 1. The van der Waals surface area contributed by atoms with Crippen molar-refractivity contribution in [2.24, 2.45) is 5.73 Å². The number of thiophene rings is 1. The summed E-state index contributed by atoms with van der Waals surface area (Å²) in [7, 11) is 0. The normalized spacial score (nSPS) is 14.6. The Kier molecular flexibility index (Phi) is 6.65. The summed E-state index contributed by atoms with van der Waals surface area (Å²) in [5.74, 6) is 0.0571. The average molecular weight is 297 g/mol. The SMILES string of the molecule is CCN(CC(=O)NC(C)C)C(c1sccc1C)C(C)N. The van der Waals surface area contributed by atoms with Crippen LogP contribution in [0.2, 0.25) is 0 Å². The van der Waals surface area contributed by atoms with E-state index in [1.165, 1.54) is 10.4 Å². The molecule has 2 atom stereocenters. The van der Waals surface area contributed by atoms with Crippen molar-refractivity contribution in [1.29, 1.82) is 0 Å². The number of hydrogen-bond acceptors (Lipinski definition) is 4. The van der Waals surface area contributed by atoms with Gasteiger partial charge >= 0.3 is 0 Å². The van der Waals surface area contributed by atoms with Crippen molar-refractivity contribution in [3.05, 3.63) is 21.9 Å². The number of nitrogens with two attached hydrogens (primary N) is 1. The zero-order chi connectivity index (χ0) is 15.3. The Labute approximate surface area is 126 Å². The van der Waals surface area contributed by atoms with Gasteiger partial charge in [-0.2, -0.15) is 0 Å². The van der Waals surface area contributed by atoms with E-state index in [4.69, 9.17) is 5.73 Å². The molecule has 1 aromatic rings. The molecule has 1 rings (SSSR count). The summed E-state index contributed by atoms with van der Waals surface area (Å²) in [5, 5.41) is 5.03. The zero-order valence-corrected chi connectivity index (χ0v) is 14.0. The molecule has 2 unspecified atom stereocenters. The largest absolute Gasteiger partial charge is 0.353 e. The monoisotopic (exact) mass is 297 g/mol. The Hall–Kier alpha value is -0.910. The van der Waals surface area contributed by atoms with Crippen LogP contribution in [0.3, 0.4) is 0 Å². The first-order valence-corrected chi connectivity index (χ1v) is 8.07. The molecule has 0 spiro atoms. The third kappa shape index (κ3) is 4.58. The van der Waals surface area contributed by atoms with Crippen molar-refractivity contribution in [1.82, 2.24) is 10.2 Å². The molecule has 0 fully saturated rings. The van der Waals surface area contributed by atoms with Crippen LogP contribution in [0.15, 0.2) is 11.4 Å². The van der Waals surface area contributed by atoms with Crippen LogP contribution in [0.1, 0.15) is 44.2 Å². The molecule has 3 N–H and O–H groups in total. The summed E-state index contributed by atoms with van der Waals surface area (Å²) < 4.78 is 0. The molecule has 0 saturated carbocycles.